The maximum Gasteiger partial charge on any atom is 0.263 e. The fraction of sp³-hybridized carbons (Fsp3) is 0.100. The molecule has 0 saturated carbocycles. The average Bonchev–Trinajstić information content (AvgIpc) is 2.81. The predicted octanol–water partition coefficient (Wildman–Crippen LogP) is 2.09. The van der Waals surface area contributed by atoms with Gasteiger partial charge in [-0.25, -0.2) is 17.8 Å². The van der Waals surface area contributed by atoms with Gasteiger partial charge in [0.2, 0.25) is 0 Å². The third kappa shape index (κ3) is 2.59. The number of nitrogens with zero attached hydrogens (tertiary/aromatic N) is 1. The first-order chi connectivity index (χ1) is 8.53. The van der Waals surface area contributed by atoms with E-state index < -0.39 is 15.8 Å². The molecule has 2 aromatic rings. The Kier molecular flexibility index (Phi) is 3.48. The van der Waals surface area contributed by atoms with Gasteiger partial charge in [-0.05, 0) is 18.2 Å². The van der Waals surface area contributed by atoms with Crippen molar-refractivity contribution < 1.29 is 17.5 Å². The summed E-state index contributed by atoms with van der Waals surface area (Å²) in [4.78, 5) is 3.61. The number of sulfonamides is 1. The van der Waals surface area contributed by atoms with Crippen LogP contribution >= 0.6 is 11.3 Å². The number of benzene rings is 1. The molecule has 18 heavy (non-hydrogen) atoms. The third-order valence-corrected chi connectivity index (χ3v) is 4.24. The summed E-state index contributed by atoms with van der Waals surface area (Å²) in [7, 11) is -2.52. The van der Waals surface area contributed by atoms with Crippen molar-refractivity contribution in [2.45, 2.75) is 4.90 Å². The lowest BCUT2D eigenvalue weighted by molar-refractivity contribution is 0.385. The number of hydrogen-bond donors (Lipinski definition) is 1. The van der Waals surface area contributed by atoms with Crippen LogP contribution in [0, 0.1) is 5.82 Å². The highest BCUT2D eigenvalue weighted by Gasteiger charge is 2.17. The molecule has 2 rings (SSSR count). The Balaban J connectivity index is 2.33. The number of methoxy groups -OCH3 is 1. The second kappa shape index (κ2) is 4.91. The fourth-order valence-electron chi connectivity index (χ4n) is 1.26. The van der Waals surface area contributed by atoms with Crippen LogP contribution in [-0.4, -0.2) is 20.5 Å². The van der Waals surface area contributed by atoms with Crippen LogP contribution in [0.5, 0.6) is 5.75 Å². The van der Waals surface area contributed by atoms with E-state index >= 15 is 0 Å². The van der Waals surface area contributed by atoms with Crippen LogP contribution in [0.25, 0.3) is 0 Å². The smallest absolute Gasteiger partial charge is 0.263 e. The summed E-state index contributed by atoms with van der Waals surface area (Å²) in [5.74, 6) is -0.747. The van der Waals surface area contributed by atoms with Crippen molar-refractivity contribution in [2.75, 3.05) is 11.8 Å². The highest BCUT2D eigenvalue weighted by atomic mass is 32.2. The molecule has 0 unspecified atom stereocenters. The standard InChI is InChI=1S/C10H9FN2O3S2/c1-16-9-3-2-7(6-8(9)11)18(14,15)13-10-12-4-5-17-10/h2-6H,1H3,(H,12,13). The molecular weight excluding hydrogens is 279 g/mol. The summed E-state index contributed by atoms with van der Waals surface area (Å²) in [5, 5.41) is 1.86. The molecule has 0 bridgehead atoms. The van der Waals surface area contributed by atoms with Crippen molar-refractivity contribution >= 4 is 26.5 Å². The lowest BCUT2D eigenvalue weighted by Crippen LogP contribution is -2.13. The van der Waals surface area contributed by atoms with Gasteiger partial charge in [0.1, 0.15) is 0 Å². The lowest BCUT2D eigenvalue weighted by Gasteiger charge is -2.07. The molecule has 0 fully saturated rings. The van der Waals surface area contributed by atoms with Crippen LogP contribution in [0.2, 0.25) is 0 Å². The zero-order chi connectivity index (χ0) is 13.2. The minimum atomic E-state index is -3.83. The molecule has 0 spiro atoms. The molecule has 1 heterocycles. The molecular formula is C10H9FN2O3S2. The van der Waals surface area contributed by atoms with Gasteiger partial charge in [0.25, 0.3) is 10.0 Å². The van der Waals surface area contributed by atoms with Gasteiger partial charge in [0, 0.05) is 11.6 Å². The number of anilines is 1. The molecule has 0 aliphatic rings. The largest absolute Gasteiger partial charge is 0.494 e. The molecule has 0 saturated heterocycles. The predicted molar refractivity (Wildman–Crippen MR) is 65.9 cm³/mol. The molecule has 0 amide bonds. The summed E-state index contributed by atoms with van der Waals surface area (Å²) in [6.45, 7) is 0. The Bertz CT molecular complexity index is 641. The average molecular weight is 288 g/mol. The Morgan fingerprint density at radius 1 is 1.44 bits per heavy atom. The summed E-state index contributed by atoms with van der Waals surface area (Å²) < 4.78 is 44.2. The Hall–Kier alpha value is -1.67. The van der Waals surface area contributed by atoms with Crippen LogP contribution in [0.1, 0.15) is 0 Å². The van der Waals surface area contributed by atoms with Crippen molar-refractivity contribution in [3.8, 4) is 5.75 Å². The maximum atomic E-state index is 13.4. The van der Waals surface area contributed by atoms with Crippen LogP contribution in [0.3, 0.4) is 0 Å². The monoisotopic (exact) mass is 288 g/mol. The molecule has 96 valence electrons. The van der Waals surface area contributed by atoms with Crippen LogP contribution < -0.4 is 9.46 Å². The number of ether oxygens (including phenoxy) is 1. The highest BCUT2D eigenvalue weighted by Crippen LogP contribution is 2.23. The second-order valence-electron chi connectivity index (χ2n) is 3.24. The molecule has 8 heteroatoms. The molecule has 0 aliphatic carbocycles. The van der Waals surface area contributed by atoms with E-state index in [1.165, 1.54) is 25.4 Å². The van der Waals surface area contributed by atoms with Gasteiger partial charge >= 0.3 is 0 Å². The fourth-order valence-corrected chi connectivity index (χ4v) is 3.06. The second-order valence-corrected chi connectivity index (χ2v) is 5.82. The molecule has 0 aliphatic heterocycles. The van der Waals surface area contributed by atoms with Crippen molar-refractivity contribution in [1.29, 1.82) is 0 Å². The third-order valence-electron chi connectivity index (χ3n) is 2.09. The molecule has 0 radical (unpaired) electrons. The molecule has 1 aromatic carbocycles. The Morgan fingerprint density at radius 2 is 2.22 bits per heavy atom. The summed E-state index contributed by atoms with van der Waals surface area (Å²) in [6.07, 6.45) is 1.47. The summed E-state index contributed by atoms with van der Waals surface area (Å²) in [6, 6.07) is 3.42. The van der Waals surface area contributed by atoms with E-state index in [0.29, 0.717) is 0 Å². The highest BCUT2D eigenvalue weighted by molar-refractivity contribution is 7.93. The Morgan fingerprint density at radius 3 is 2.78 bits per heavy atom. The topological polar surface area (TPSA) is 68.3 Å². The van der Waals surface area contributed by atoms with E-state index in [9.17, 15) is 12.8 Å². The first-order valence-electron chi connectivity index (χ1n) is 4.79. The van der Waals surface area contributed by atoms with E-state index in [2.05, 4.69) is 9.71 Å². The van der Waals surface area contributed by atoms with Gasteiger partial charge in [0.15, 0.2) is 16.7 Å². The van der Waals surface area contributed by atoms with Crippen LogP contribution in [0.15, 0.2) is 34.7 Å². The van der Waals surface area contributed by atoms with Crippen LogP contribution in [0.4, 0.5) is 9.52 Å². The van der Waals surface area contributed by atoms with Crippen molar-refractivity contribution in [2.24, 2.45) is 0 Å². The van der Waals surface area contributed by atoms with Gasteiger partial charge in [-0.2, -0.15) is 0 Å². The SMILES string of the molecule is COc1ccc(S(=O)(=O)Nc2nccs2)cc1F. The maximum absolute atomic E-state index is 13.4. The van der Waals surface area contributed by atoms with Gasteiger partial charge < -0.3 is 4.74 Å². The molecule has 1 N–H and O–H groups in total. The molecule has 1 aromatic heterocycles. The van der Waals surface area contributed by atoms with E-state index in [4.69, 9.17) is 4.74 Å². The van der Waals surface area contributed by atoms with E-state index in [0.717, 1.165) is 17.4 Å². The Labute approximate surface area is 107 Å². The van der Waals surface area contributed by atoms with Crippen molar-refractivity contribution in [1.82, 2.24) is 4.98 Å². The molecule has 5 nitrogen and oxygen atoms in total. The van der Waals surface area contributed by atoms with Crippen molar-refractivity contribution in [3.05, 3.63) is 35.6 Å². The van der Waals surface area contributed by atoms with Gasteiger partial charge in [0.05, 0.1) is 12.0 Å². The molecule has 0 atom stereocenters. The van der Waals surface area contributed by atoms with Gasteiger partial charge in [-0.1, -0.05) is 0 Å². The zero-order valence-electron chi connectivity index (χ0n) is 9.25. The summed E-state index contributed by atoms with van der Waals surface area (Å²) in [5.41, 5.74) is 0. The number of hydrogen-bond acceptors (Lipinski definition) is 5. The zero-order valence-corrected chi connectivity index (χ0v) is 10.9. The van der Waals surface area contributed by atoms with Gasteiger partial charge in [-0.15, -0.1) is 11.3 Å². The van der Waals surface area contributed by atoms with E-state index in [1.807, 2.05) is 0 Å². The number of rotatable bonds is 4. The number of aromatic nitrogens is 1. The van der Waals surface area contributed by atoms with Crippen molar-refractivity contribution in [3.63, 3.8) is 0 Å². The summed E-state index contributed by atoms with van der Waals surface area (Å²) >= 11 is 1.14. The normalized spacial score (nSPS) is 11.2. The minimum absolute atomic E-state index is 0.0109. The minimum Gasteiger partial charge on any atom is -0.494 e. The lowest BCUT2D eigenvalue weighted by atomic mass is 10.3. The van der Waals surface area contributed by atoms with E-state index in [1.54, 1.807) is 5.38 Å². The number of halogens is 1. The van der Waals surface area contributed by atoms with Crippen LogP contribution in [-0.2, 0) is 10.0 Å². The number of thiazole rings is 1. The first kappa shape index (κ1) is 12.8. The van der Waals surface area contributed by atoms with Gasteiger partial charge in [-0.3, -0.25) is 4.72 Å². The quantitative estimate of drug-likeness (QED) is 0.935. The van der Waals surface area contributed by atoms with E-state index in [-0.39, 0.29) is 15.8 Å². The first-order valence-corrected chi connectivity index (χ1v) is 7.15. The number of nitrogens with one attached hydrogen (secondary N) is 1.